The fourth-order valence-corrected chi connectivity index (χ4v) is 3.93. The molecule has 0 aliphatic heterocycles. The van der Waals surface area contributed by atoms with Crippen molar-refractivity contribution in [3.05, 3.63) is 34.9 Å². The second-order valence-corrected chi connectivity index (χ2v) is 6.68. The lowest BCUT2D eigenvalue weighted by Gasteiger charge is -2.08. The standard InChI is InChI=1S/C10H8ClN5O2S2/c11-6-2-1-3-13-8(6)15-20(17,18)9-7(12)14-10-16(9)4-5-19-10/h1-5H,12H2,(H,13,15). The number of thiazole rings is 1. The number of nitrogens with two attached hydrogens (primary N) is 1. The van der Waals surface area contributed by atoms with Crippen molar-refractivity contribution in [2.75, 3.05) is 10.5 Å². The molecule has 0 spiro atoms. The molecule has 7 nitrogen and oxygen atoms in total. The van der Waals surface area contributed by atoms with Crippen molar-refractivity contribution in [2.24, 2.45) is 0 Å². The van der Waals surface area contributed by atoms with Gasteiger partial charge in [0.15, 0.2) is 16.6 Å². The molecule has 20 heavy (non-hydrogen) atoms. The molecule has 3 aromatic heterocycles. The van der Waals surface area contributed by atoms with Crippen molar-refractivity contribution < 1.29 is 8.42 Å². The van der Waals surface area contributed by atoms with E-state index in [1.165, 1.54) is 28.0 Å². The summed E-state index contributed by atoms with van der Waals surface area (Å²) in [6, 6.07) is 3.14. The van der Waals surface area contributed by atoms with Crippen molar-refractivity contribution in [1.82, 2.24) is 14.4 Å². The van der Waals surface area contributed by atoms with E-state index in [9.17, 15) is 8.42 Å². The van der Waals surface area contributed by atoms with Crippen LogP contribution < -0.4 is 10.5 Å². The molecule has 3 heterocycles. The Bertz CT molecular complexity index is 886. The van der Waals surface area contributed by atoms with Gasteiger partial charge < -0.3 is 5.73 Å². The number of hydrogen-bond acceptors (Lipinski definition) is 6. The number of nitrogen functional groups attached to an aromatic ring is 1. The molecule has 0 fully saturated rings. The Morgan fingerprint density at radius 1 is 1.45 bits per heavy atom. The normalized spacial score (nSPS) is 11.8. The Hall–Kier alpha value is -1.84. The first-order valence-corrected chi connectivity index (χ1v) is 8.07. The smallest absolute Gasteiger partial charge is 0.282 e. The summed E-state index contributed by atoms with van der Waals surface area (Å²) in [5, 5.41) is 1.78. The average Bonchev–Trinajstić information content (AvgIpc) is 2.91. The van der Waals surface area contributed by atoms with E-state index in [1.54, 1.807) is 17.6 Å². The molecule has 104 valence electrons. The number of aromatic nitrogens is 3. The molecule has 0 radical (unpaired) electrons. The number of nitrogens with one attached hydrogen (secondary N) is 1. The van der Waals surface area contributed by atoms with Crippen LogP contribution in [0.4, 0.5) is 11.6 Å². The van der Waals surface area contributed by atoms with E-state index >= 15 is 0 Å². The fraction of sp³-hybridized carbons (Fsp3) is 0. The first-order chi connectivity index (χ1) is 9.49. The third kappa shape index (κ3) is 2.09. The number of anilines is 2. The number of imidazole rings is 1. The van der Waals surface area contributed by atoms with Gasteiger partial charge in [-0.25, -0.2) is 9.97 Å². The number of sulfonamides is 1. The van der Waals surface area contributed by atoms with E-state index in [2.05, 4.69) is 14.7 Å². The van der Waals surface area contributed by atoms with Gasteiger partial charge in [0.05, 0.1) is 5.02 Å². The van der Waals surface area contributed by atoms with Gasteiger partial charge in [-0.15, -0.1) is 11.3 Å². The highest BCUT2D eigenvalue weighted by Crippen LogP contribution is 2.26. The number of rotatable bonds is 3. The Labute approximate surface area is 123 Å². The van der Waals surface area contributed by atoms with Crippen molar-refractivity contribution in [1.29, 1.82) is 0 Å². The molecular formula is C10H8ClN5O2S2. The lowest BCUT2D eigenvalue weighted by atomic mass is 10.5. The quantitative estimate of drug-likeness (QED) is 0.763. The molecule has 3 rings (SSSR count). The first-order valence-electron chi connectivity index (χ1n) is 5.33. The zero-order valence-electron chi connectivity index (χ0n) is 9.82. The van der Waals surface area contributed by atoms with Crippen molar-refractivity contribution in [3.63, 3.8) is 0 Å². The summed E-state index contributed by atoms with van der Waals surface area (Å²) in [5.41, 5.74) is 5.68. The fourth-order valence-electron chi connectivity index (χ4n) is 1.69. The summed E-state index contributed by atoms with van der Waals surface area (Å²) < 4.78 is 28.5. The molecule has 0 aliphatic carbocycles. The Kier molecular flexibility index (Phi) is 3.04. The summed E-state index contributed by atoms with van der Waals surface area (Å²) >= 11 is 7.17. The minimum Gasteiger partial charge on any atom is -0.381 e. The van der Waals surface area contributed by atoms with Crippen LogP contribution in [0, 0.1) is 0 Å². The largest absolute Gasteiger partial charge is 0.381 e. The number of pyridine rings is 1. The molecule has 0 amide bonds. The van der Waals surface area contributed by atoms with Gasteiger partial charge in [-0.2, -0.15) is 8.42 Å². The van der Waals surface area contributed by atoms with Crippen LogP contribution in [0.2, 0.25) is 5.02 Å². The maximum atomic E-state index is 12.4. The van der Waals surface area contributed by atoms with Crippen molar-refractivity contribution >= 4 is 49.6 Å². The van der Waals surface area contributed by atoms with Crippen LogP contribution in [-0.2, 0) is 10.0 Å². The van der Waals surface area contributed by atoms with Crippen LogP contribution in [0.25, 0.3) is 4.96 Å². The number of fused-ring (bicyclic) bond motifs is 1. The van der Waals surface area contributed by atoms with E-state index in [0.717, 1.165) is 0 Å². The Morgan fingerprint density at radius 3 is 3.00 bits per heavy atom. The maximum absolute atomic E-state index is 12.4. The monoisotopic (exact) mass is 329 g/mol. The van der Waals surface area contributed by atoms with Gasteiger partial charge in [0.25, 0.3) is 10.0 Å². The van der Waals surface area contributed by atoms with Crippen molar-refractivity contribution in [2.45, 2.75) is 5.03 Å². The van der Waals surface area contributed by atoms with E-state index in [1.807, 2.05) is 0 Å². The molecule has 0 saturated heterocycles. The van der Waals surface area contributed by atoms with E-state index in [0.29, 0.717) is 4.96 Å². The Balaban J connectivity index is 2.11. The van der Waals surface area contributed by atoms with Crippen LogP contribution in [-0.4, -0.2) is 22.8 Å². The van der Waals surface area contributed by atoms with Crippen LogP contribution in [0.1, 0.15) is 0 Å². The third-order valence-corrected chi connectivity index (χ3v) is 4.93. The maximum Gasteiger partial charge on any atom is 0.282 e. The number of hydrogen-bond donors (Lipinski definition) is 2. The van der Waals surface area contributed by atoms with Crippen LogP contribution >= 0.6 is 22.9 Å². The molecule has 0 aliphatic rings. The average molecular weight is 330 g/mol. The van der Waals surface area contributed by atoms with Gasteiger partial charge in [0, 0.05) is 17.8 Å². The predicted octanol–water partition coefficient (Wildman–Crippen LogP) is 1.83. The first kappa shape index (κ1) is 13.2. The van der Waals surface area contributed by atoms with E-state index in [-0.39, 0.29) is 21.7 Å². The lowest BCUT2D eigenvalue weighted by Crippen LogP contribution is -2.17. The summed E-state index contributed by atoms with van der Waals surface area (Å²) in [4.78, 5) is 8.37. The molecule has 10 heteroatoms. The highest BCUT2D eigenvalue weighted by Gasteiger charge is 2.25. The van der Waals surface area contributed by atoms with Crippen molar-refractivity contribution in [3.8, 4) is 0 Å². The summed E-state index contributed by atoms with van der Waals surface area (Å²) in [5.74, 6) is -0.0323. The SMILES string of the molecule is Nc1nc2sccn2c1S(=O)(=O)Nc1ncccc1Cl. The second-order valence-electron chi connectivity index (χ2n) is 3.80. The summed E-state index contributed by atoms with van der Waals surface area (Å²) in [7, 11) is -3.93. The zero-order chi connectivity index (χ0) is 14.3. The van der Waals surface area contributed by atoms with Gasteiger partial charge in [0.1, 0.15) is 0 Å². The van der Waals surface area contributed by atoms with Gasteiger partial charge in [0.2, 0.25) is 5.03 Å². The van der Waals surface area contributed by atoms with Gasteiger partial charge in [-0.05, 0) is 12.1 Å². The van der Waals surface area contributed by atoms with Gasteiger partial charge >= 0.3 is 0 Å². The molecule has 0 bridgehead atoms. The minimum absolute atomic E-state index is 0.0405. The van der Waals surface area contributed by atoms with Gasteiger partial charge in [-0.3, -0.25) is 9.12 Å². The summed E-state index contributed by atoms with van der Waals surface area (Å²) in [6.45, 7) is 0. The van der Waals surface area contributed by atoms with E-state index < -0.39 is 10.0 Å². The van der Waals surface area contributed by atoms with Crippen LogP contribution in [0.15, 0.2) is 34.9 Å². The number of halogens is 1. The van der Waals surface area contributed by atoms with Crippen LogP contribution in [0.3, 0.4) is 0 Å². The molecule has 0 unspecified atom stereocenters. The predicted molar refractivity (Wildman–Crippen MR) is 77.5 cm³/mol. The highest BCUT2D eigenvalue weighted by atomic mass is 35.5. The minimum atomic E-state index is -3.93. The molecule has 0 saturated carbocycles. The molecular weight excluding hydrogens is 322 g/mol. The van der Waals surface area contributed by atoms with Gasteiger partial charge in [-0.1, -0.05) is 11.6 Å². The third-order valence-electron chi connectivity index (χ3n) is 2.49. The lowest BCUT2D eigenvalue weighted by molar-refractivity contribution is 0.597. The van der Waals surface area contributed by atoms with Crippen LogP contribution in [0.5, 0.6) is 0 Å². The molecule has 3 N–H and O–H groups in total. The number of nitrogens with zero attached hydrogens (tertiary/aromatic N) is 3. The Morgan fingerprint density at radius 2 is 2.25 bits per heavy atom. The molecule has 3 aromatic rings. The molecule has 0 aromatic carbocycles. The highest BCUT2D eigenvalue weighted by molar-refractivity contribution is 7.92. The summed E-state index contributed by atoms with van der Waals surface area (Å²) in [6.07, 6.45) is 3.02. The zero-order valence-corrected chi connectivity index (χ0v) is 12.2. The topological polar surface area (TPSA) is 102 Å². The van der Waals surface area contributed by atoms with E-state index in [4.69, 9.17) is 17.3 Å². The molecule has 0 atom stereocenters. The second kappa shape index (κ2) is 4.62.